The van der Waals surface area contributed by atoms with Crippen LogP contribution in [-0.4, -0.2) is 45.9 Å². The second-order valence-corrected chi connectivity index (χ2v) is 6.38. The first-order valence-electron chi connectivity index (χ1n) is 7.23. The molecule has 2 aliphatic rings. The van der Waals surface area contributed by atoms with Gasteiger partial charge in [0.05, 0.1) is 17.0 Å². The number of likely N-dealkylation sites (tertiary alicyclic amines) is 1. The maximum atomic E-state index is 12.6. The van der Waals surface area contributed by atoms with Crippen LogP contribution in [0.2, 0.25) is 0 Å². The summed E-state index contributed by atoms with van der Waals surface area (Å²) in [6, 6.07) is 6.33. The number of carbonyl (C=O) groups excluding carboxylic acids is 1. The van der Waals surface area contributed by atoms with Gasteiger partial charge in [0.1, 0.15) is 0 Å². The second-order valence-electron chi connectivity index (χ2n) is 5.43. The van der Waals surface area contributed by atoms with Gasteiger partial charge in [-0.3, -0.25) is 4.79 Å². The summed E-state index contributed by atoms with van der Waals surface area (Å²) < 4.78 is 0. The number of amides is 1. The van der Waals surface area contributed by atoms with Gasteiger partial charge in [0.2, 0.25) is 5.95 Å². The van der Waals surface area contributed by atoms with Crippen LogP contribution in [-0.2, 0) is 0 Å². The minimum atomic E-state index is 0.174. The third-order valence-electron chi connectivity index (χ3n) is 4.38. The fraction of sp³-hybridized carbons (Fsp3) is 0.400. The molecule has 2 fully saturated rings. The Morgan fingerprint density at radius 1 is 1.14 bits per heavy atom. The van der Waals surface area contributed by atoms with Crippen LogP contribution in [0.25, 0.3) is 0 Å². The van der Waals surface area contributed by atoms with E-state index in [1.807, 2.05) is 28.5 Å². The zero-order valence-corrected chi connectivity index (χ0v) is 12.4. The molecule has 0 spiro atoms. The van der Waals surface area contributed by atoms with Crippen molar-refractivity contribution in [3.63, 3.8) is 0 Å². The number of nitrogens with zero attached hydrogens (tertiary/aromatic N) is 4. The molecule has 2 aliphatic heterocycles. The highest BCUT2D eigenvalue weighted by atomic mass is 32.1. The average molecular weight is 300 g/mol. The molecular formula is C15H16N4OS. The van der Waals surface area contributed by atoms with Crippen molar-refractivity contribution in [3.05, 3.63) is 40.8 Å². The molecule has 108 valence electrons. The van der Waals surface area contributed by atoms with E-state index in [0.717, 1.165) is 36.8 Å². The van der Waals surface area contributed by atoms with Crippen LogP contribution < -0.4 is 4.90 Å². The number of thiophene rings is 1. The van der Waals surface area contributed by atoms with Crippen LogP contribution in [0.4, 0.5) is 5.95 Å². The van der Waals surface area contributed by atoms with Gasteiger partial charge in [0.25, 0.3) is 5.91 Å². The van der Waals surface area contributed by atoms with Gasteiger partial charge in [-0.15, -0.1) is 11.3 Å². The minimum Gasteiger partial charge on any atom is -0.336 e. The first-order valence-corrected chi connectivity index (χ1v) is 8.11. The Bertz CT molecular complexity index is 630. The molecule has 21 heavy (non-hydrogen) atoms. The number of hydrogen-bond acceptors (Lipinski definition) is 5. The van der Waals surface area contributed by atoms with Crippen LogP contribution in [0, 0.1) is 0 Å². The first kappa shape index (κ1) is 12.8. The largest absolute Gasteiger partial charge is 0.336 e. The summed E-state index contributed by atoms with van der Waals surface area (Å²) in [7, 11) is 0. The van der Waals surface area contributed by atoms with Crippen LogP contribution >= 0.6 is 11.3 Å². The summed E-state index contributed by atoms with van der Waals surface area (Å²) >= 11 is 1.52. The molecule has 2 aromatic rings. The van der Waals surface area contributed by atoms with Crippen LogP contribution in [0.1, 0.15) is 22.5 Å². The highest BCUT2D eigenvalue weighted by molar-refractivity contribution is 7.12. The normalized spacial score (nSPS) is 24.4. The Morgan fingerprint density at radius 3 is 2.71 bits per heavy atom. The Morgan fingerprint density at radius 2 is 1.95 bits per heavy atom. The van der Waals surface area contributed by atoms with Gasteiger partial charge in [-0.25, -0.2) is 9.97 Å². The van der Waals surface area contributed by atoms with Crippen LogP contribution in [0.3, 0.4) is 0 Å². The predicted octanol–water partition coefficient (Wildman–Crippen LogP) is 2.03. The third-order valence-corrected chi connectivity index (χ3v) is 5.24. The quantitative estimate of drug-likeness (QED) is 0.851. The van der Waals surface area contributed by atoms with Gasteiger partial charge >= 0.3 is 0 Å². The molecule has 4 heterocycles. The average Bonchev–Trinajstić information content (AvgIpc) is 3.24. The summed E-state index contributed by atoms with van der Waals surface area (Å²) in [5, 5.41) is 1.96. The van der Waals surface area contributed by atoms with E-state index >= 15 is 0 Å². The molecule has 0 saturated carbocycles. The topological polar surface area (TPSA) is 49.3 Å². The molecule has 2 aromatic heterocycles. The Hall–Kier alpha value is -1.95. The number of aromatic nitrogens is 2. The van der Waals surface area contributed by atoms with Crippen molar-refractivity contribution in [2.45, 2.75) is 24.9 Å². The molecule has 0 aliphatic carbocycles. The third kappa shape index (κ3) is 2.10. The number of anilines is 1. The zero-order chi connectivity index (χ0) is 14.2. The molecule has 1 amide bonds. The highest BCUT2D eigenvalue weighted by Crippen LogP contribution is 2.34. The Kier molecular flexibility index (Phi) is 3.11. The second kappa shape index (κ2) is 5.11. The summed E-state index contributed by atoms with van der Waals surface area (Å²) in [6.07, 6.45) is 5.55. The van der Waals surface area contributed by atoms with Gasteiger partial charge in [-0.2, -0.15) is 0 Å². The van der Waals surface area contributed by atoms with Crippen molar-refractivity contribution < 1.29 is 4.79 Å². The molecule has 4 rings (SSSR count). The van der Waals surface area contributed by atoms with Crippen molar-refractivity contribution in [1.29, 1.82) is 0 Å². The molecule has 2 atom stereocenters. The molecule has 0 radical (unpaired) electrons. The number of fused-ring (bicyclic) bond motifs is 1. The Labute approximate surface area is 127 Å². The minimum absolute atomic E-state index is 0.174. The molecule has 6 heteroatoms. The first-order chi connectivity index (χ1) is 10.3. The lowest BCUT2D eigenvalue weighted by Crippen LogP contribution is -2.39. The zero-order valence-electron chi connectivity index (χ0n) is 11.6. The molecule has 0 aromatic carbocycles. The lowest BCUT2D eigenvalue weighted by Gasteiger charge is -2.25. The fourth-order valence-electron chi connectivity index (χ4n) is 3.47. The highest BCUT2D eigenvalue weighted by Gasteiger charge is 2.45. The summed E-state index contributed by atoms with van der Waals surface area (Å²) in [4.78, 5) is 26.4. The smallest absolute Gasteiger partial charge is 0.264 e. The van der Waals surface area contributed by atoms with E-state index in [4.69, 9.17) is 0 Å². The van der Waals surface area contributed by atoms with Crippen molar-refractivity contribution >= 4 is 23.2 Å². The standard InChI is InChI=1S/C15H16N4OS/c20-14(13-3-1-10-21-13)18-8-4-12-11(18)5-9-19(12)15-16-6-2-7-17-15/h1-3,6-7,10-12H,4-5,8-9H2/t11-,12+/m0/s1. The molecule has 5 nitrogen and oxygen atoms in total. The predicted molar refractivity (Wildman–Crippen MR) is 81.5 cm³/mol. The van der Waals surface area contributed by atoms with Crippen molar-refractivity contribution in [2.75, 3.05) is 18.0 Å². The van der Waals surface area contributed by atoms with E-state index < -0.39 is 0 Å². The van der Waals surface area contributed by atoms with Gasteiger partial charge in [-0.05, 0) is 30.4 Å². The van der Waals surface area contributed by atoms with Gasteiger partial charge in [0.15, 0.2) is 0 Å². The van der Waals surface area contributed by atoms with Crippen LogP contribution in [0.5, 0.6) is 0 Å². The van der Waals surface area contributed by atoms with E-state index in [2.05, 4.69) is 14.9 Å². The van der Waals surface area contributed by atoms with Crippen molar-refractivity contribution in [1.82, 2.24) is 14.9 Å². The summed E-state index contributed by atoms with van der Waals surface area (Å²) in [5.74, 6) is 0.962. The summed E-state index contributed by atoms with van der Waals surface area (Å²) in [6.45, 7) is 1.75. The van der Waals surface area contributed by atoms with Crippen molar-refractivity contribution in [3.8, 4) is 0 Å². The number of rotatable bonds is 2. The monoisotopic (exact) mass is 300 g/mol. The van der Waals surface area contributed by atoms with Crippen LogP contribution in [0.15, 0.2) is 36.0 Å². The van der Waals surface area contributed by atoms with E-state index in [9.17, 15) is 4.79 Å². The molecule has 0 bridgehead atoms. The fourth-order valence-corrected chi connectivity index (χ4v) is 4.15. The van der Waals surface area contributed by atoms with E-state index in [1.165, 1.54) is 11.3 Å². The van der Waals surface area contributed by atoms with Gasteiger partial charge in [0, 0.05) is 25.5 Å². The van der Waals surface area contributed by atoms with E-state index in [-0.39, 0.29) is 5.91 Å². The number of carbonyl (C=O) groups is 1. The van der Waals surface area contributed by atoms with Gasteiger partial charge < -0.3 is 9.80 Å². The lowest BCUT2D eigenvalue weighted by atomic mass is 10.1. The number of hydrogen-bond donors (Lipinski definition) is 0. The maximum absolute atomic E-state index is 12.6. The molecule has 0 unspecified atom stereocenters. The lowest BCUT2D eigenvalue weighted by molar-refractivity contribution is 0.0742. The van der Waals surface area contributed by atoms with E-state index in [0.29, 0.717) is 12.1 Å². The Balaban J connectivity index is 1.55. The molecular weight excluding hydrogens is 284 g/mol. The molecule has 0 N–H and O–H groups in total. The summed E-state index contributed by atoms with van der Waals surface area (Å²) in [5.41, 5.74) is 0. The van der Waals surface area contributed by atoms with Crippen molar-refractivity contribution in [2.24, 2.45) is 0 Å². The van der Waals surface area contributed by atoms with Gasteiger partial charge in [-0.1, -0.05) is 6.07 Å². The van der Waals surface area contributed by atoms with E-state index in [1.54, 1.807) is 12.4 Å². The SMILES string of the molecule is O=C(c1cccs1)N1CC[C@@H]2[C@@H]1CCN2c1ncccn1. The maximum Gasteiger partial charge on any atom is 0.264 e. The molecule has 2 saturated heterocycles.